The highest BCUT2D eigenvalue weighted by Gasteiger charge is 2.26. The summed E-state index contributed by atoms with van der Waals surface area (Å²) in [6.07, 6.45) is 3.08. The molecule has 0 aromatic carbocycles. The molecule has 1 rings (SSSR count). The highest BCUT2D eigenvalue weighted by atomic mass is 79.9. The van der Waals surface area contributed by atoms with Gasteiger partial charge in [-0.2, -0.15) is 4.31 Å². The number of alkyl halides is 1. The second-order valence-corrected chi connectivity index (χ2v) is 6.16. The van der Waals surface area contributed by atoms with Crippen LogP contribution in [0.1, 0.15) is 13.8 Å². The van der Waals surface area contributed by atoms with Crippen LogP contribution in [-0.4, -0.2) is 40.7 Å². The van der Waals surface area contributed by atoms with E-state index < -0.39 is 10.0 Å². The first-order valence-corrected chi connectivity index (χ1v) is 7.55. The molecule has 5 nitrogen and oxygen atoms in total. The Labute approximate surface area is 105 Å². The lowest BCUT2D eigenvalue weighted by Crippen LogP contribution is -2.36. The minimum absolute atomic E-state index is 0.100. The van der Waals surface area contributed by atoms with Crippen LogP contribution in [0.25, 0.3) is 0 Å². The zero-order valence-corrected chi connectivity index (χ0v) is 12.0. The first-order chi connectivity index (χ1) is 7.43. The molecule has 1 aromatic rings. The summed E-state index contributed by atoms with van der Waals surface area (Å²) in [6.45, 7) is 4.48. The molecule has 0 fully saturated rings. The van der Waals surface area contributed by atoms with Crippen LogP contribution in [0.4, 0.5) is 0 Å². The Morgan fingerprint density at radius 1 is 1.62 bits per heavy atom. The SMILES string of the molecule is CCn1cnc(S(=O)(=O)N(C)C(C)CBr)c1. The van der Waals surface area contributed by atoms with E-state index in [0.29, 0.717) is 11.9 Å². The van der Waals surface area contributed by atoms with E-state index >= 15 is 0 Å². The Balaban J connectivity index is 3.01. The average Bonchev–Trinajstić information content (AvgIpc) is 2.75. The van der Waals surface area contributed by atoms with Crippen molar-refractivity contribution in [2.75, 3.05) is 12.4 Å². The van der Waals surface area contributed by atoms with Gasteiger partial charge in [-0.3, -0.25) is 0 Å². The van der Waals surface area contributed by atoms with Gasteiger partial charge in [0.05, 0.1) is 6.33 Å². The molecule has 1 unspecified atom stereocenters. The first-order valence-electron chi connectivity index (χ1n) is 4.99. The molecule has 0 saturated carbocycles. The second-order valence-electron chi connectivity index (χ2n) is 3.57. The van der Waals surface area contributed by atoms with E-state index in [4.69, 9.17) is 0 Å². The monoisotopic (exact) mass is 309 g/mol. The van der Waals surface area contributed by atoms with E-state index in [2.05, 4.69) is 20.9 Å². The molecule has 16 heavy (non-hydrogen) atoms. The molecule has 0 aliphatic heterocycles. The third-order valence-corrected chi connectivity index (χ3v) is 5.26. The number of aromatic nitrogens is 2. The predicted octanol–water partition coefficient (Wildman–Crippen LogP) is 1.31. The number of imidazole rings is 1. The molecular formula is C9H16BrN3O2S. The molecule has 7 heteroatoms. The third kappa shape index (κ3) is 2.64. The van der Waals surface area contributed by atoms with Crippen molar-refractivity contribution in [1.29, 1.82) is 0 Å². The first kappa shape index (κ1) is 13.7. The number of sulfonamides is 1. The molecule has 0 aliphatic rings. The summed E-state index contributed by atoms with van der Waals surface area (Å²) in [5.41, 5.74) is 0. The minimum atomic E-state index is -3.47. The van der Waals surface area contributed by atoms with E-state index in [9.17, 15) is 8.42 Å². The maximum atomic E-state index is 12.1. The van der Waals surface area contributed by atoms with Crippen LogP contribution >= 0.6 is 15.9 Å². The van der Waals surface area contributed by atoms with Gasteiger partial charge in [-0.1, -0.05) is 15.9 Å². The lowest BCUT2D eigenvalue weighted by molar-refractivity contribution is 0.414. The zero-order valence-electron chi connectivity index (χ0n) is 9.59. The third-order valence-electron chi connectivity index (χ3n) is 2.46. The van der Waals surface area contributed by atoms with Crippen LogP contribution in [-0.2, 0) is 16.6 Å². The van der Waals surface area contributed by atoms with E-state index in [1.54, 1.807) is 17.8 Å². The number of rotatable bonds is 5. The van der Waals surface area contributed by atoms with Gasteiger partial charge in [-0.05, 0) is 13.8 Å². The molecule has 1 atom stereocenters. The fourth-order valence-electron chi connectivity index (χ4n) is 1.13. The molecule has 0 spiro atoms. The normalized spacial score (nSPS) is 14.3. The summed E-state index contributed by atoms with van der Waals surface area (Å²) in [7, 11) is -1.91. The van der Waals surface area contributed by atoms with Crippen molar-refractivity contribution in [3.63, 3.8) is 0 Å². The van der Waals surface area contributed by atoms with Gasteiger partial charge >= 0.3 is 0 Å². The molecule has 0 N–H and O–H groups in total. The topological polar surface area (TPSA) is 55.2 Å². The van der Waals surface area contributed by atoms with Crippen molar-refractivity contribution in [3.8, 4) is 0 Å². The molecule has 0 saturated heterocycles. The largest absolute Gasteiger partial charge is 0.336 e. The Bertz CT molecular complexity index is 443. The second kappa shape index (κ2) is 5.29. The van der Waals surface area contributed by atoms with Gasteiger partial charge < -0.3 is 4.57 Å². The average molecular weight is 310 g/mol. The maximum Gasteiger partial charge on any atom is 0.262 e. The lowest BCUT2D eigenvalue weighted by atomic mass is 10.4. The predicted molar refractivity (Wildman–Crippen MR) is 66.1 cm³/mol. The standard InChI is InChI=1S/C9H16BrN3O2S/c1-4-13-6-9(11-7-13)16(14,15)12(3)8(2)5-10/h6-8H,4-5H2,1-3H3. The van der Waals surface area contributed by atoms with Crippen LogP contribution in [0.5, 0.6) is 0 Å². The molecule has 0 aliphatic carbocycles. The number of halogens is 1. The Morgan fingerprint density at radius 3 is 2.69 bits per heavy atom. The van der Waals surface area contributed by atoms with Crippen molar-refractivity contribution < 1.29 is 8.42 Å². The fourth-order valence-corrected chi connectivity index (χ4v) is 3.05. The summed E-state index contributed by atoms with van der Waals surface area (Å²) in [5, 5.41) is 0.696. The van der Waals surface area contributed by atoms with Gasteiger partial charge in [0, 0.05) is 31.2 Å². The maximum absolute atomic E-state index is 12.1. The number of nitrogens with zero attached hydrogens (tertiary/aromatic N) is 3. The van der Waals surface area contributed by atoms with Gasteiger partial charge in [0.2, 0.25) is 0 Å². The van der Waals surface area contributed by atoms with Gasteiger partial charge in [0.1, 0.15) is 0 Å². The van der Waals surface area contributed by atoms with Crippen LogP contribution < -0.4 is 0 Å². The van der Waals surface area contributed by atoms with Crippen molar-refractivity contribution in [3.05, 3.63) is 12.5 Å². The molecule has 0 radical (unpaired) electrons. The van der Waals surface area contributed by atoms with Crippen molar-refractivity contribution >= 4 is 26.0 Å². The van der Waals surface area contributed by atoms with Gasteiger partial charge in [0.15, 0.2) is 5.03 Å². The van der Waals surface area contributed by atoms with Crippen LogP contribution in [0.15, 0.2) is 17.6 Å². The zero-order chi connectivity index (χ0) is 12.3. The highest BCUT2D eigenvalue weighted by molar-refractivity contribution is 9.09. The summed E-state index contributed by atoms with van der Waals surface area (Å²) < 4.78 is 27.2. The van der Waals surface area contributed by atoms with Crippen LogP contribution in [0, 0.1) is 0 Å². The molecule has 92 valence electrons. The lowest BCUT2D eigenvalue weighted by Gasteiger charge is -2.21. The molecular weight excluding hydrogens is 294 g/mol. The van der Waals surface area contributed by atoms with E-state index in [0.717, 1.165) is 0 Å². The molecule has 0 bridgehead atoms. The van der Waals surface area contributed by atoms with Crippen molar-refractivity contribution in [1.82, 2.24) is 13.9 Å². The highest BCUT2D eigenvalue weighted by Crippen LogP contribution is 2.15. The van der Waals surface area contributed by atoms with Crippen LogP contribution in [0.3, 0.4) is 0 Å². The smallest absolute Gasteiger partial charge is 0.262 e. The van der Waals surface area contributed by atoms with E-state index in [1.165, 1.54) is 10.6 Å². The summed E-state index contributed by atoms with van der Waals surface area (Å²) >= 11 is 3.27. The van der Waals surface area contributed by atoms with E-state index in [-0.39, 0.29) is 11.1 Å². The van der Waals surface area contributed by atoms with Crippen molar-refractivity contribution in [2.45, 2.75) is 31.5 Å². The molecule has 1 heterocycles. The van der Waals surface area contributed by atoms with Crippen molar-refractivity contribution in [2.24, 2.45) is 0 Å². The Kier molecular flexibility index (Phi) is 4.52. The van der Waals surface area contributed by atoms with Crippen LogP contribution in [0.2, 0.25) is 0 Å². The number of hydrogen-bond acceptors (Lipinski definition) is 3. The molecule has 1 aromatic heterocycles. The van der Waals surface area contributed by atoms with Gasteiger partial charge in [-0.15, -0.1) is 0 Å². The van der Waals surface area contributed by atoms with Gasteiger partial charge in [0.25, 0.3) is 10.0 Å². The summed E-state index contributed by atoms with van der Waals surface area (Å²) in [6, 6.07) is -0.100. The molecule has 0 amide bonds. The minimum Gasteiger partial charge on any atom is -0.336 e. The number of hydrogen-bond donors (Lipinski definition) is 0. The quantitative estimate of drug-likeness (QED) is 0.771. The van der Waals surface area contributed by atoms with Gasteiger partial charge in [-0.25, -0.2) is 13.4 Å². The fraction of sp³-hybridized carbons (Fsp3) is 0.667. The summed E-state index contributed by atoms with van der Waals surface area (Å²) in [4.78, 5) is 3.91. The van der Waals surface area contributed by atoms with E-state index in [1.807, 2.05) is 13.8 Å². The Morgan fingerprint density at radius 2 is 2.25 bits per heavy atom. The number of aryl methyl sites for hydroxylation is 1. The summed E-state index contributed by atoms with van der Waals surface area (Å²) in [5.74, 6) is 0. The Hall–Kier alpha value is -0.400.